The summed E-state index contributed by atoms with van der Waals surface area (Å²) < 4.78 is 0. The Morgan fingerprint density at radius 1 is 1.13 bits per heavy atom. The molecule has 0 bridgehead atoms. The standard InChI is InChI=1S/C16H23N3O4/c1-9(2)14(15(17)22)19-16(23)13(18-10(3)20)8-11-4-6-12(21)7-5-11/h4-7,9,13-14,21H,8H2,1-3H3,(H2,17,22)(H,18,20)(H,19,23). The summed E-state index contributed by atoms with van der Waals surface area (Å²) >= 11 is 0. The molecule has 2 atom stereocenters. The van der Waals surface area contributed by atoms with Crippen LogP contribution in [0.3, 0.4) is 0 Å². The van der Waals surface area contributed by atoms with Gasteiger partial charge in [-0.2, -0.15) is 0 Å². The van der Waals surface area contributed by atoms with Crippen molar-refractivity contribution in [3.05, 3.63) is 29.8 Å². The van der Waals surface area contributed by atoms with Crippen LogP contribution >= 0.6 is 0 Å². The number of benzene rings is 1. The molecule has 0 fully saturated rings. The number of nitrogens with two attached hydrogens (primary N) is 1. The third-order valence-electron chi connectivity index (χ3n) is 3.34. The van der Waals surface area contributed by atoms with Crippen molar-refractivity contribution >= 4 is 17.7 Å². The number of carbonyl (C=O) groups excluding carboxylic acids is 3. The summed E-state index contributed by atoms with van der Waals surface area (Å²) in [5.74, 6) is -1.51. The van der Waals surface area contributed by atoms with Gasteiger partial charge >= 0.3 is 0 Å². The number of phenols is 1. The van der Waals surface area contributed by atoms with Crippen LogP contribution in [-0.2, 0) is 20.8 Å². The van der Waals surface area contributed by atoms with E-state index in [2.05, 4.69) is 10.6 Å². The minimum absolute atomic E-state index is 0.114. The fraction of sp³-hybridized carbons (Fsp3) is 0.438. The Morgan fingerprint density at radius 3 is 2.13 bits per heavy atom. The topological polar surface area (TPSA) is 122 Å². The molecule has 0 saturated heterocycles. The van der Waals surface area contributed by atoms with Crippen molar-refractivity contribution in [3.8, 4) is 5.75 Å². The maximum atomic E-state index is 12.4. The molecule has 0 spiro atoms. The Labute approximate surface area is 135 Å². The van der Waals surface area contributed by atoms with Gasteiger partial charge in [0, 0.05) is 13.3 Å². The van der Waals surface area contributed by atoms with E-state index in [0.717, 1.165) is 5.56 Å². The van der Waals surface area contributed by atoms with Gasteiger partial charge in [0.1, 0.15) is 17.8 Å². The lowest BCUT2D eigenvalue weighted by Gasteiger charge is -2.23. The average Bonchev–Trinajstić information content (AvgIpc) is 2.44. The van der Waals surface area contributed by atoms with Crippen molar-refractivity contribution in [1.82, 2.24) is 10.6 Å². The summed E-state index contributed by atoms with van der Waals surface area (Å²) in [5.41, 5.74) is 6.05. The fourth-order valence-electron chi connectivity index (χ4n) is 2.14. The molecule has 7 heteroatoms. The largest absolute Gasteiger partial charge is 0.508 e. The SMILES string of the molecule is CC(=O)NC(Cc1ccc(O)cc1)C(=O)NC(C(N)=O)C(C)C. The highest BCUT2D eigenvalue weighted by molar-refractivity contribution is 5.91. The average molecular weight is 321 g/mol. The van der Waals surface area contributed by atoms with E-state index in [1.54, 1.807) is 26.0 Å². The fourth-order valence-corrected chi connectivity index (χ4v) is 2.14. The van der Waals surface area contributed by atoms with Crippen molar-refractivity contribution in [2.45, 2.75) is 39.3 Å². The first kappa shape index (κ1) is 18.5. The molecule has 1 aromatic carbocycles. The molecular weight excluding hydrogens is 298 g/mol. The number of rotatable bonds is 7. The lowest BCUT2D eigenvalue weighted by atomic mass is 10.0. The van der Waals surface area contributed by atoms with Gasteiger partial charge in [-0.25, -0.2) is 0 Å². The van der Waals surface area contributed by atoms with Gasteiger partial charge in [-0.3, -0.25) is 14.4 Å². The first-order valence-electron chi connectivity index (χ1n) is 7.35. The minimum atomic E-state index is -0.836. The summed E-state index contributed by atoms with van der Waals surface area (Å²) in [6, 6.07) is 4.67. The van der Waals surface area contributed by atoms with Crippen molar-refractivity contribution < 1.29 is 19.5 Å². The molecule has 23 heavy (non-hydrogen) atoms. The number of hydrogen-bond donors (Lipinski definition) is 4. The van der Waals surface area contributed by atoms with Crippen LogP contribution in [0.1, 0.15) is 26.3 Å². The van der Waals surface area contributed by atoms with E-state index in [0.29, 0.717) is 0 Å². The van der Waals surface area contributed by atoms with E-state index in [-0.39, 0.29) is 24.0 Å². The zero-order valence-corrected chi connectivity index (χ0v) is 13.5. The highest BCUT2D eigenvalue weighted by atomic mass is 16.3. The highest BCUT2D eigenvalue weighted by Gasteiger charge is 2.27. The van der Waals surface area contributed by atoms with E-state index in [1.807, 2.05) is 0 Å². The normalized spacial score (nSPS) is 13.2. The van der Waals surface area contributed by atoms with Gasteiger partial charge in [0.05, 0.1) is 0 Å². The quantitative estimate of drug-likeness (QED) is 0.567. The van der Waals surface area contributed by atoms with Crippen LogP contribution in [0.25, 0.3) is 0 Å². The third kappa shape index (κ3) is 5.98. The molecule has 0 saturated carbocycles. The van der Waals surface area contributed by atoms with E-state index in [4.69, 9.17) is 5.73 Å². The van der Waals surface area contributed by atoms with Crippen LogP contribution in [0.15, 0.2) is 24.3 Å². The summed E-state index contributed by atoms with van der Waals surface area (Å²) in [7, 11) is 0. The second-order valence-electron chi connectivity index (χ2n) is 5.76. The zero-order chi connectivity index (χ0) is 17.6. The summed E-state index contributed by atoms with van der Waals surface area (Å²) in [5, 5.41) is 14.4. The molecule has 0 aliphatic carbocycles. The molecular formula is C16H23N3O4. The van der Waals surface area contributed by atoms with Crippen molar-refractivity contribution in [2.24, 2.45) is 11.7 Å². The lowest BCUT2D eigenvalue weighted by Crippen LogP contribution is -2.55. The first-order chi connectivity index (χ1) is 10.7. The lowest BCUT2D eigenvalue weighted by molar-refractivity contribution is -0.131. The Morgan fingerprint density at radius 2 is 1.70 bits per heavy atom. The van der Waals surface area contributed by atoms with Gasteiger partial charge in [0.15, 0.2) is 0 Å². The monoisotopic (exact) mass is 321 g/mol. The molecule has 126 valence electrons. The van der Waals surface area contributed by atoms with Crippen LogP contribution in [0.4, 0.5) is 0 Å². The summed E-state index contributed by atoms with van der Waals surface area (Å²) in [6.45, 7) is 4.84. The maximum Gasteiger partial charge on any atom is 0.243 e. The van der Waals surface area contributed by atoms with Crippen LogP contribution in [0.5, 0.6) is 5.75 Å². The zero-order valence-electron chi connectivity index (χ0n) is 13.5. The Balaban J connectivity index is 2.87. The molecule has 1 aromatic rings. The number of carbonyl (C=O) groups is 3. The number of amides is 3. The Hall–Kier alpha value is -2.57. The molecule has 0 radical (unpaired) electrons. The Bertz CT molecular complexity index is 569. The van der Waals surface area contributed by atoms with Crippen molar-refractivity contribution in [2.75, 3.05) is 0 Å². The molecule has 0 aliphatic rings. The van der Waals surface area contributed by atoms with Gasteiger partial charge in [-0.1, -0.05) is 26.0 Å². The maximum absolute atomic E-state index is 12.4. The van der Waals surface area contributed by atoms with Crippen LogP contribution < -0.4 is 16.4 Å². The number of nitrogens with one attached hydrogen (secondary N) is 2. The van der Waals surface area contributed by atoms with Crippen molar-refractivity contribution in [3.63, 3.8) is 0 Å². The van der Waals surface area contributed by atoms with E-state index in [9.17, 15) is 19.5 Å². The molecule has 3 amide bonds. The number of phenolic OH excluding ortho intramolecular Hbond substituents is 1. The first-order valence-corrected chi connectivity index (χ1v) is 7.35. The van der Waals surface area contributed by atoms with Crippen LogP contribution in [-0.4, -0.2) is 34.9 Å². The van der Waals surface area contributed by atoms with Crippen LogP contribution in [0, 0.1) is 5.92 Å². The van der Waals surface area contributed by atoms with Gasteiger partial charge in [0.25, 0.3) is 0 Å². The molecule has 7 nitrogen and oxygen atoms in total. The number of hydrogen-bond acceptors (Lipinski definition) is 4. The smallest absolute Gasteiger partial charge is 0.243 e. The predicted molar refractivity (Wildman–Crippen MR) is 85.4 cm³/mol. The third-order valence-corrected chi connectivity index (χ3v) is 3.34. The van der Waals surface area contributed by atoms with Crippen LogP contribution in [0.2, 0.25) is 0 Å². The summed E-state index contributed by atoms with van der Waals surface area (Å²) in [4.78, 5) is 35.1. The predicted octanol–water partition coefficient (Wildman–Crippen LogP) is 0.0655. The number of aromatic hydroxyl groups is 1. The van der Waals surface area contributed by atoms with E-state index >= 15 is 0 Å². The Kier molecular flexibility index (Phi) is 6.56. The second kappa shape index (κ2) is 8.17. The van der Waals surface area contributed by atoms with E-state index < -0.39 is 23.9 Å². The van der Waals surface area contributed by atoms with Gasteiger partial charge < -0.3 is 21.5 Å². The van der Waals surface area contributed by atoms with Gasteiger partial charge in [-0.15, -0.1) is 0 Å². The van der Waals surface area contributed by atoms with Gasteiger partial charge in [0.2, 0.25) is 17.7 Å². The molecule has 1 rings (SSSR count). The molecule has 2 unspecified atom stereocenters. The molecule has 0 heterocycles. The molecule has 0 aliphatic heterocycles. The second-order valence-corrected chi connectivity index (χ2v) is 5.76. The highest BCUT2D eigenvalue weighted by Crippen LogP contribution is 2.12. The number of primary amides is 1. The summed E-state index contributed by atoms with van der Waals surface area (Å²) in [6.07, 6.45) is 0.231. The molecule has 0 aromatic heterocycles. The van der Waals surface area contributed by atoms with Gasteiger partial charge in [-0.05, 0) is 23.6 Å². The molecule has 5 N–H and O–H groups in total. The van der Waals surface area contributed by atoms with Crippen molar-refractivity contribution in [1.29, 1.82) is 0 Å². The minimum Gasteiger partial charge on any atom is -0.508 e. The van der Waals surface area contributed by atoms with E-state index in [1.165, 1.54) is 19.1 Å².